The van der Waals surface area contributed by atoms with Crippen molar-refractivity contribution < 1.29 is 50.6 Å². The quantitative estimate of drug-likeness (QED) is 0.172. The summed E-state index contributed by atoms with van der Waals surface area (Å²) in [5, 5.41) is 38.4. The Kier molecular flexibility index (Phi) is 25.5. The maximum atomic E-state index is 11.0. The number of carbonyl (C=O) groups is 4. The molecule has 0 rings (SSSR count). The van der Waals surface area contributed by atoms with Gasteiger partial charge in [-0.3, -0.25) is 19.2 Å². The van der Waals surface area contributed by atoms with E-state index in [4.69, 9.17) is 26.2 Å². The van der Waals surface area contributed by atoms with E-state index in [1.54, 1.807) is 0 Å². The second-order valence-electron chi connectivity index (χ2n) is 4.76. The molecule has 0 saturated carbocycles. The SMILES string of the molecule is NCCN[C](CC(=O)O)C(CC(=O)O)(CC(=O)O)CC(=O)O.O.O.[NaH].[NaH]. The predicted octanol–water partition coefficient (Wildman–Crippen LogP) is -3.99. The molecule has 0 aliphatic rings. The second kappa shape index (κ2) is 18.1. The van der Waals surface area contributed by atoms with Crippen LogP contribution in [0.15, 0.2) is 0 Å². The molecule has 0 amide bonds. The molecule has 0 fully saturated rings. The Morgan fingerprint density at radius 2 is 1.12 bits per heavy atom. The summed E-state index contributed by atoms with van der Waals surface area (Å²) in [6.07, 6.45) is -3.18. The summed E-state index contributed by atoms with van der Waals surface area (Å²) in [6, 6.07) is -0.169. The molecule has 0 bridgehead atoms. The molecule has 0 aromatic heterocycles. The monoisotopic (exact) mass is 403 g/mol. The van der Waals surface area contributed by atoms with Gasteiger partial charge in [0.15, 0.2) is 0 Å². The van der Waals surface area contributed by atoms with Crippen molar-refractivity contribution in [1.82, 2.24) is 5.32 Å². The zero-order valence-electron chi connectivity index (χ0n) is 12.7. The summed E-state index contributed by atoms with van der Waals surface area (Å²) in [5.74, 6) is -5.63. The van der Waals surface area contributed by atoms with Gasteiger partial charge < -0.3 is 42.4 Å². The Hall–Kier alpha value is -0.280. The molecule has 145 valence electrons. The number of carboxylic acids is 4. The van der Waals surface area contributed by atoms with Gasteiger partial charge in [0.1, 0.15) is 0 Å². The first-order chi connectivity index (χ1) is 10.1. The van der Waals surface area contributed by atoms with E-state index in [2.05, 4.69) is 5.32 Å². The van der Waals surface area contributed by atoms with E-state index in [-0.39, 0.29) is 89.2 Å². The Morgan fingerprint density at radius 3 is 1.35 bits per heavy atom. The summed E-state index contributed by atoms with van der Waals surface area (Å²) in [4.78, 5) is 44.1. The van der Waals surface area contributed by atoms with Gasteiger partial charge in [0.25, 0.3) is 0 Å². The average Bonchev–Trinajstić information content (AvgIpc) is 2.30. The third-order valence-electron chi connectivity index (χ3n) is 2.92. The predicted molar refractivity (Wildman–Crippen MR) is 93.3 cm³/mol. The van der Waals surface area contributed by atoms with E-state index in [9.17, 15) is 19.2 Å². The van der Waals surface area contributed by atoms with E-state index in [1.165, 1.54) is 0 Å². The fourth-order valence-corrected chi connectivity index (χ4v) is 2.19. The number of hydrogen-bond donors (Lipinski definition) is 6. The summed E-state index contributed by atoms with van der Waals surface area (Å²) in [5.41, 5.74) is 3.42. The molecule has 0 spiro atoms. The van der Waals surface area contributed by atoms with Gasteiger partial charge in [-0.2, -0.15) is 0 Å². The van der Waals surface area contributed by atoms with Crippen LogP contribution in [0.25, 0.3) is 0 Å². The molecule has 0 aromatic carbocycles. The number of rotatable bonds is 12. The van der Waals surface area contributed by atoms with Crippen molar-refractivity contribution in [2.75, 3.05) is 13.1 Å². The van der Waals surface area contributed by atoms with Gasteiger partial charge in [-0.05, 0) is 0 Å². The van der Waals surface area contributed by atoms with E-state index >= 15 is 0 Å². The first kappa shape index (κ1) is 36.6. The molecule has 14 heteroatoms. The molecular formula is C12H25N2Na2O10. The van der Waals surface area contributed by atoms with Gasteiger partial charge in [-0.25, -0.2) is 0 Å². The van der Waals surface area contributed by atoms with Crippen LogP contribution in [-0.2, 0) is 19.2 Å². The van der Waals surface area contributed by atoms with Crippen molar-refractivity contribution >= 4 is 83.0 Å². The van der Waals surface area contributed by atoms with Crippen molar-refractivity contribution in [1.29, 1.82) is 0 Å². The van der Waals surface area contributed by atoms with Crippen LogP contribution in [0, 0.1) is 11.5 Å². The zero-order chi connectivity index (χ0) is 17.3. The maximum absolute atomic E-state index is 11.0. The number of aliphatic carboxylic acids is 4. The van der Waals surface area contributed by atoms with Gasteiger partial charge in [-0.1, -0.05) is 0 Å². The van der Waals surface area contributed by atoms with Crippen LogP contribution >= 0.6 is 0 Å². The van der Waals surface area contributed by atoms with Crippen molar-refractivity contribution in [3.8, 4) is 0 Å². The van der Waals surface area contributed by atoms with Crippen LogP contribution in [-0.4, -0.2) is 127 Å². The third-order valence-corrected chi connectivity index (χ3v) is 2.92. The van der Waals surface area contributed by atoms with Crippen molar-refractivity contribution in [3.05, 3.63) is 6.04 Å². The average molecular weight is 403 g/mol. The van der Waals surface area contributed by atoms with Crippen LogP contribution in [0.5, 0.6) is 0 Å². The topological polar surface area (TPSA) is 250 Å². The van der Waals surface area contributed by atoms with Gasteiger partial charge in [0.05, 0.1) is 31.7 Å². The molecule has 0 unspecified atom stereocenters. The molecular weight excluding hydrogens is 378 g/mol. The molecule has 26 heavy (non-hydrogen) atoms. The van der Waals surface area contributed by atoms with Crippen LogP contribution in [0.1, 0.15) is 25.7 Å². The zero-order valence-corrected chi connectivity index (χ0v) is 12.7. The van der Waals surface area contributed by atoms with Crippen LogP contribution < -0.4 is 11.1 Å². The van der Waals surface area contributed by atoms with E-state index in [1.807, 2.05) is 0 Å². The molecule has 0 aliphatic carbocycles. The van der Waals surface area contributed by atoms with E-state index in [0.29, 0.717) is 0 Å². The van der Waals surface area contributed by atoms with Gasteiger partial charge in [0, 0.05) is 18.5 Å². The molecule has 1 radical (unpaired) electrons. The molecule has 11 N–H and O–H groups in total. The third kappa shape index (κ3) is 14.8. The number of nitrogens with two attached hydrogens (primary N) is 1. The van der Waals surface area contributed by atoms with E-state index in [0.717, 1.165) is 0 Å². The van der Waals surface area contributed by atoms with Crippen LogP contribution in [0.2, 0.25) is 0 Å². The molecule has 0 atom stereocenters. The summed E-state index contributed by atoms with van der Waals surface area (Å²) >= 11 is 0. The first-order valence-electron chi connectivity index (χ1n) is 6.30. The second-order valence-corrected chi connectivity index (χ2v) is 4.76. The minimum absolute atomic E-state index is 0. The fourth-order valence-electron chi connectivity index (χ4n) is 2.19. The van der Waals surface area contributed by atoms with Crippen molar-refractivity contribution in [3.63, 3.8) is 0 Å². The summed E-state index contributed by atoms with van der Waals surface area (Å²) < 4.78 is 0. The van der Waals surface area contributed by atoms with Crippen molar-refractivity contribution in [2.45, 2.75) is 25.7 Å². The van der Waals surface area contributed by atoms with Gasteiger partial charge in [0.2, 0.25) is 0 Å². The van der Waals surface area contributed by atoms with Crippen molar-refractivity contribution in [2.24, 2.45) is 11.1 Å². The molecule has 0 aromatic rings. The first-order valence-corrected chi connectivity index (χ1v) is 6.30. The number of hydrogen-bond acceptors (Lipinski definition) is 6. The molecule has 12 nitrogen and oxygen atoms in total. The number of carboxylic acid groups (broad SMARTS) is 4. The molecule has 0 saturated heterocycles. The van der Waals surface area contributed by atoms with Gasteiger partial charge in [-0.15, -0.1) is 0 Å². The van der Waals surface area contributed by atoms with Gasteiger partial charge >= 0.3 is 83.0 Å². The molecule has 0 heterocycles. The Labute approximate surface area is 193 Å². The normalized spacial score (nSPS) is 9.62. The summed E-state index contributed by atoms with van der Waals surface area (Å²) in [6.45, 7) is 0.135. The standard InChI is InChI=1S/C12H19N2O8.2Na.2H2O.2H/c13-1-2-14-7(3-8(15)16)12(4-9(17)18,5-10(19)20)6-11(21)22;;;;;;/h14H,1-6,13H2,(H,15,16)(H,17,18)(H,19,20)(H,21,22);;;2*1H2;;. The number of nitrogens with one attached hydrogen (secondary N) is 1. The summed E-state index contributed by atoms with van der Waals surface area (Å²) in [7, 11) is 0. The Morgan fingerprint density at radius 1 is 0.769 bits per heavy atom. The fraction of sp³-hybridized carbons (Fsp3) is 0.583. The Bertz CT molecular complexity index is 409. The Balaban J connectivity index is -0.000000367. The van der Waals surface area contributed by atoms with Crippen LogP contribution in [0.4, 0.5) is 0 Å². The molecule has 0 aliphatic heterocycles. The van der Waals surface area contributed by atoms with Crippen LogP contribution in [0.3, 0.4) is 0 Å². The minimum atomic E-state index is -1.86. The van der Waals surface area contributed by atoms with E-state index < -0.39 is 55.0 Å².